The number of hydrogen-bond donors (Lipinski definition) is 4. The lowest BCUT2D eigenvalue weighted by molar-refractivity contribution is -0.245. The smallest absolute Gasteiger partial charge is 0.336 e. The Hall–Kier alpha value is -4.15. The van der Waals surface area contributed by atoms with E-state index >= 15 is 0 Å². The maximum atomic E-state index is 11.8. The van der Waals surface area contributed by atoms with Crippen LogP contribution in [-0.4, -0.2) is 40.6 Å². The van der Waals surface area contributed by atoms with Gasteiger partial charge in [-0.05, 0) is 52.9 Å². The van der Waals surface area contributed by atoms with Crippen molar-refractivity contribution in [2.24, 2.45) is 0 Å². The number of carboxylic acids is 1. The van der Waals surface area contributed by atoms with E-state index in [0.717, 1.165) is 33.4 Å². The SMILES string of the molecule is CCNC(=O)NCc1cccc(-c2ccc([C@H]3O[C@@H](CSc4ccccc4C(=O)O)C[C@@H](c4ccc(CO)cc4)O3)cc2)c1. The Kier molecular flexibility index (Phi) is 10.7. The zero-order chi connectivity index (χ0) is 30.9. The van der Waals surface area contributed by atoms with E-state index in [1.165, 1.54) is 11.8 Å². The molecular formula is C35H36N2O6S. The average Bonchev–Trinajstić information content (AvgIpc) is 3.07. The zero-order valence-electron chi connectivity index (χ0n) is 24.4. The molecule has 228 valence electrons. The summed E-state index contributed by atoms with van der Waals surface area (Å²) in [6.45, 7) is 2.85. The first-order chi connectivity index (χ1) is 21.4. The fourth-order valence-electron chi connectivity index (χ4n) is 5.07. The van der Waals surface area contributed by atoms with E-state index in [1.54, 1.807) is 12.1 Å². The zero-order valence-corrected chi connectivity index (χ0v) is 25.3. The number of ether oxygens (including phenoxy) is 2. The first kappa shape index (κ1) is 31.3. The highest BCUT2D eigenvalue weighted by molar-refractivity contribution is 7.99. The number of urea groups is 1. The first-order valence-corrected chi connectivity index (χ1v) is 15.6. The molecule has 1 aliphatic heterocycles. The second kappa shape index (κ2) is 15.0. The van der Waals surface area contributed by atoms with Gasteiger partial charge in [0.1, 0.15) is 0 Å². The molecule has 8 nitrogen and oxygen atoms in total. The molecule has 4 aromatic rings. The third-order valence-corrected chi connectivity index (χ3v) is 8.60. The molecular weight excluding hydrogens is 576 g/mol. The summed E-state index contributed by atoms with van der Waals surface area (Å²) in [6.07, 6.45) is -0.451. The number of carbonyl (C=O) groups excluding carboxylic acids is 1. The number of amides is 2. The van der Waals surface area contributed by atoms with Crippen molar-refractivity contribution in [3.05, 3.63) is 125 Å². The fraction of sp³-hybridized carbons (Fsp3) is 0.257. The van der Waals surface area contributed by atoms with E-state index in [1.807, 2.05) is 85.8 Å². The molecule has 4 N–H and O–H groups in total. The van der Waals surface area contributed by atoms with Crippen molar-refractivity contribution in [3.8, 4) is 11.1 Å². The second-order valence-corrected chi connectivity index (χ2v) is 11.6. The number of aliphatic hydroxyl groups excluding tert-OH is 1. The van der Waals surface area contributed by atoms with Gasteiger partial charge in [0.15, 0.2) is 6.29 Å². The minimum atomic E-state index is -0.954. The molecule has 0 radical (unpaired) electrons. The Labute approximate surface area is 261 Å². The van der Waals surface area contributed by atoms with E-state index in [4.69, 9.17) is 9.47 Å². The lowest BCUT2D eigenvalue weighted by Gasteiger charge is -2.36. The number of aliphatic hydroxyl groups is 1. The highest BCUT2D eigenvalue weighted by Gasteiger charge is 2.32. The fourth-order valence-corrected chi connectivity index (χ4v) is 6.14. The van der Waals surface area contributed by atoms with Crippen LogP contribution in [0.4, 0.5) is 4.79 Å². The van der Waals surface area contributed by atoms with E-state index in [2.05, 4.69) is 16.7 Å². The third kappa shape index (κ3) is 8.06. The highest BCUT2D eigenvalue weighted by atomic mass is 32.2. The van der Waals surface area contributed by atoms with Gasteiger partial charge in [-0.25, -0.2) is 9.59 Å². The molecule has 0 aromatic heterocycles. The summed E-state index contributed by atoms with van der Waals surface area (Å²) in [4.78, 5) is 24.2. The van der Waals surface area contributed by atoms with Crippen LogP contribution in [-0.2, 0) is 22.6 Å². The van der Waals surface area contributed by atoms with Crippen LogP contribution in [0.3, 0.4) is 0 Å². The molecule has 4 aromatic carbocycles. The Balaban J connectivity index is 1.33. The van der Waals surface area contributed by atoms with Crippen LogP contribution in [0.5, 0.6) is 0 Å². The molecule has 44 heavy (non-hydrogen) atoms. The summed E-state index contributed by atoms with van der Waals surface area (Å²) >= 11 is 1.47. The molecule has 9 heteroatoms. The predicted octanol–water partition coefficient (Wildman–Crippen LogP) is 6.70. The number of carboxylic acid groups (broad SMARTS) is 1. The second-order valence-electron chi connectivity index (χ2n) is 10.5. The molecule has 1 fully saturated rings. The number of hydrogen-bond acceptors (Lipinski definition) is 6. The van der Waals surface area contributed by atoms with Crippen molar-refractivity contribution < 1.29 is 29.3 Å². The van der Waals surface area contributed by atoms with Crippen molar-refractivity contribution in [2.45, 2.75) is 49.9 Å². The van der Waals surface area contributed by atoms with Gasteiger partial charge in [0.25, 0.3) is 0 Å². The van der Waals surface area contributed by atoms with E-state index in [9.17, 15) is 19.8 Å². The Morgan fingerprint density at radius 2 is 1.59 bits per heavy atom. The summed E-state index contributed by atoms with van der Waals surface area (Å²) < 4.78 is 12.9. The first-order valence-electron chi connectivity index (χ1n) is 14.6. The van der Waals surface area contributed by atoms with Crippen LogP contribution >= 0.6 is 11.8 Å². The lowest BCUT2D eigenvalue weighted by Crippen LogP contribution is -2.34. The summed E-state index contributed by atoms with van der Waals surface area (Å²) in [5.41, 5.74) is 6.03. The van der Waals surface area contributed by atoms with Gasteiger partial charge in [-0.2, -0.15) is 0 Å². The normalized spacial score (nSPS) is 18.0. The summed E-state index contributed by atoms with van der Waals surface area (Å²) in [5, 5.41) is 24.7. The monoisotopic (exact) mass is 612 g/mol. The minimum absolute atomic E-state index is 0.0280. The topological polar surface area (TPSA) is 117 Å². The standard InChI is InChI=1S/C35H36N2O6S/c1-2-36-35(41)37-20-24-6-5-7-28(18-24)25-14-16-27(17-15-25)34-42-29(22-44-32-9-4-3-8-30(32)33(39)40)19-31(43-34)26-12-10-23(21-38)11-13-26/h3-18,29,31,34,38H,2,19-22H2,1H3,(H,39,40)(H2,36,37,41)/t29-,31+,34+/m1/s1. The maximum absolute atomic E-state index is 11.8. The van der Waals surface area contributed by atoms with Crippen LogP contribution in [0.2, 0.25) is 0 Å². The number of thioether (sulfide) groups is 1. The van der Waals surface area contributed by atoms with E-state index < -0.39 is 12.3 Å². The number of rotatable bonds is 11. The van der Waals surface area contributed by atoms with Gasteiger partial charge in [-0.1, -0.05) is 78.9 Å². The van der Waals surface area contributed by atoms with Crippen molar-refractivity contribution in [2.75, 3.05) is 12.3 Å². The largest absolute Gasteiger partial charge is 0.478 e. The average molecular weight is 613 g/mol. The highest BCUT2D eigenvalue weighted by Crippen LogP contribution is 2.40. The van der Waals surface area contributed by atoms with Gasteiger partial charge in [-0.15, -0.1) is 11.8 Å². The summed E-state index contributed by atoms with van der Waals surface area (Å²) in [6, 6.07) is 30.6. The molecule has 0 bridgehead atoms. The van der Waals surface area contributed by atoms with Crippen molar-refractivity contribution >= 4 is 23.8 Å². The number of carbonyl (C=O) groups is 2. The van der Waals surface area contributed by atoms with Gasteiger partial charge >= 0.3 is 12.0 Å². The van der Waals surface area contributed by atoms with Crippen LogP contribution in [0.1, 0.15) is 58.4 Å². The number of benzene rings is 4. The van der Waals surface area contributed by atoms with Crippen LogP contribution < -0.4 is 10.6 Å². The maximum Gasteiger partial charge on any atom is 0.336 e. The van der Waals surface area contributed by atoms with Gasteiger partial charge < -0.3 is 30.3 Å². The van der Waals surface area contributed by atoms with Crippen molar-refractivity contribution in [1.29, 1.82) is 0 Å². The van der Waals surface area contributed by atoms with Gasteiger partial charge in [-0.3, -0.25) is 0 Å². The van der Waals surface area contributed by atoms with Gasteiger partial charge in [0.05, 0.1) is 24.4 Å². The quantitative estimate of drug-likeness (QED) is 0.139. The number of nitrogens with one attached hydrogen (secondary N) is 2. The molecule has 1 heterocycles. The van der Waals surface area contributed by atoms with Crippen LogP contribution in [0, 0.1) is 0 Å². The summed E-state index contributed by atoms with van der Waals surface area (Å²) in [7, 11) is 0. The number of aromatic carboxylic acids is 1. The van der Waals surface area contributed by atoms with Crippen molar-refractivity contribution in [1.82, 2.24) is 10.6 Å². The molecule has 0 spiro atoms. The molecule has 5 rings (SSSR count). The summed E-state index contributed by atoms with van der Waals surface area (Å²) in [5.74, 6) is -0.394. The Morgan fingerprint density at radius 1 is 0.841 bits per heavy atom. The van der Waals surface area contributed by atoms with Crippen molar-refractivity contribution in [3.63, 3.8) is 0 Å². The van der Waals surface area contributed by atoms with E-state index in [-0.39, 0.29) is 30.4 Å². The molecule has 0 saturated carbocycles. The van der Waals surface area contributed by atoms with E-state index in [0.29, 0.717) is 30.2 Å². The van der Waals surface area contributed by atoms with Crippen LogP contribution in [0.15, 0.2) is 102 Å². The third-order valence-electron chi connectivity index (χ3n) is 7.39. The molecule has 1 saturated heterocycles. The Morgan fingerprint density at radius 3 is 2.32 bits per heavy atom. The molecule has 2 amide bonds. The van der Waals surface area contributed by atoms with Crippen LogP contribution in [0.25, 0.3) is 11.1 Å². The molecule has 3 atom stereocenters. The van der Waals surface area contributed by atoms with Gasteiger partial charge in [0, 0.05) is 35.7 Å². The molecule has 0 aliphatic carbocycles. The van der Waals surface area contributed by atoms with Gasteiger partial charge in [0.2, 0.25) is 0 Å². The Bertz CT molecular complexity index is 1560. The minimum Gasteiger partial charge on any atom is -0.478 e. The molecule has 0 unspecified atom stereocenters. The predicted molar refractivity (Wildman–Crippen MR) is 170 cm³/mol. The lowest BCUT2D eigenvalue weighted by atomic mass is 9.99. The molecule has 1 aliphatic rings.